The molecule has 2 aromatic rings. The molecule has 168 valence electrons. The van der Waals surface area contributed by atoms with E-state index in [1.165, 1.54) is 22.8 Å². The van der Waals surface area contributed by atoms with Crippen LogP contribution in [0.4, 0.5) is 0 Å². The molecule has 0 unspecified atom stereocenters. The van der Waals surface area contributed by atoms with Gasteiger partial charge in [0.25, 0.3) is 11.8 Å². The van der Waals surface area contributed by atoms with Gasteiger partial charge in [0.2, 0.25) is 10.0 Å². The van der Waals surface area contributed by atoms with Crippen molar-refractivity contribution in [3.8, 4) is 0 Å². The number of aromatic nitrogens is 1. The number of piperazine rings is 1. The van der Waals surface area contributed by atoms with Gasteiger partial charge >= 0.3 is 0 Å². The number of furan rings is 1. The van der Waals surface area contributed by atoms with Gasteiger partial charge in [-0.15, -0.1) is 0 Å². The highest BCUT2D eigenvalue weighted by Crippen LogP contribution is 2.23. The number of aryl methyl sites for hydroxylation is 1. The van der Waals surface area contributed by atoms with Crippen molar-refractivity contribution in [2.45, 2.75) is 30.6 Å². The Kier molecular flexibility index (Phi) is 6.19. The molecule has 2 fully saturated rings. The molecule has 2 aromatic heterocycles. The Labute approximate surface area is 182 Å². The number of amides is 2. The van der Waals surface area contributed by atoms with Gasteiger partial charge in [-0.3, -0.25) is 9.59 Å². The van der Waals surface area contributed by atoms with Gasteiger partial charge in [-0.05, 0) is 31.0 Å². The lowest BCUT2D eigenvalue weighted by atomic mass is 10.2. The van der Waals surface area contributed by atoms with Crippen LogP contribution in [0.25, 0.3) is 0 Å². The number of carbonyl (C=O) groups is 2. The highest BCUT2D eigenvalue weighted by atomic mass is 32.2. The molecule has 10 heteroatoms. The molecular formula is C21H28N4O5S. The molecule has 4 rings (SSSR count). The predicted octanol–water partition coefficient (Wildman–Crippen LogP) is 1.78. The third-order valence-corrected chi connectivity index (χ3v) is 7.85. The number of hydrogen-bond acceptors (Lipinski definition) is 5. The van der Waals surface area contributed by atoms with Crippen LogP contribution in [-0.4, -0.2) is 78.2 Å². The molecule has 2 amide bonds. The molecule has 31 heavy (non-hydrogen) atoms. The Balaban J connectivity index is 1.44. The van der Waals surface area contributed by atoms with Crippen LogP contribution in [-0.2, 0) is 17.1 Å². The van der Waals surface area contributed by atoms with Crippen LogP contribution < -0.4 is 0 Å². The van der Waals surface area contributed by atoms with Gasteiger partial charge in [0.05, 0.1) is 6.26 Å². The molecule has 2 saturated heterocycles. The molecule has 4 heterocycles. The van der Waals surface area contributed by atoms with E-state index >= 15 is 0 Å². The molecule has 9 nitrogen and oxygen atoms in total. The quantitative estimate of drug-likeness (QED) is 0.710. The SMILES string of the molecule is Cn1cc(S(=O)(=O)N2CCCCCC2)cc1C(=O)N1CCN(C(=O)c2ccco2)CC1. The van der Waals surface area contributed by atoms with Crippen LogP contribution >= 0.6 is 0 Å². The first kappa shape index (κ1) is 21.6. The number of rotatable bonds is 4. The topological polar surface area (TPSA) is 96.1 Å². The second kappa shape index (κ2) is 8.88. The third-order valence-electron chi connectivity index (χ3n) is 5.99. The monoisotopic (exact) mass is 448 g/mol. The largest absolute Gasteiger partial charge is 0.459 e. The molecule has 0 radical (unpaired) electrons. The van der Waals surface area contributed by atoms with E-state index in [0.29, 0.717) is 45.0 Å². The molecule has 2 aliphatic heterocycles. The lowest BCUT2D eigenvalue weighted by Crippen LogP contribution is -2.50. The zero-order valence-electron chi connectivity index (χ0n) is 17.7. The van der Waals surface area contributed by atoms with Gasteiger partial charge in [0, 0.05) is 52.5 Å². The first-order valence-corrected chi connectivity index (χ1v) is 12.1. The number of carbonyl (C=O) groups excluding carboxylic acids is 2. The third kappa shape index (κ3) is 4.40. The molecule has 0 spiro atoms. The molecule has 0 atom stereocenters. The van der Waals surface area contributed by atoms with E-state index < -0.39 is 10.0 Å². The smallest absolute Gasteiger partial charge is 0.289 e. The van der Waals surface area contributed by atoms with E-state index in [1.807, 2.05) is 0 Å². The maximum atomic E-state index is 13.1. The zero-order chi connectivity index (χ0) is 22.0. The molecule has 0 aromatic carbocycles. The number of sulfonamides is 1. The minimum absolute atomic E-state index is 0.159. The first-order valence-electron chi connectivity index (χ1n) is 10.7. The Hall–Kier alpha value is -2.59. The van der Waals surface area contributed by atoms with E-state index in [2.05, 4.69) is 0 Å². The van der Waals surface area contributed by atoms with Crippen molar-refractivity contribution in [2.75, 3.05) is 39.3 Å². The van der Waals surface area contributed by atoms with Crippen molar-refractivity contribution in [3.63, 3.8) is 0 Å². The lowest BCUT2D eigenvalue weighted by molar-refractivity contribution is 0.0513. The van der Waals surface area contributed by atoms with Crippen molar-refractivity contribution >= 4 is 21.8 Å². The molecular weight excluding hydrogens is 420 g/mol. The molecule has 0 aliphatic carbocycles. The fraction of sp³-hybridized carbons (Fsp3) is 0.524. The second-order valence-corrected chi connectivity index (χ2v) is 9.99. The van der Waals surface area contributed by atoms with Gasteiger partial charge in [-0.2, -0.15) is 4.31 Å². The first-order chi connectivity index (χ1) is 14.9. The van der Waals surface area contributed by atoms with Crippen LogP contribution in [0.15, 0.2) is 40.0 Å². The summed E-state index contributed by atoms with van der Waals surface area (Å²) in [4.78, 5) is 28.9. The van der Waals surface area contributed by atoms with Gasteiger partial charge in [-0.25, -0.2) is 8.42 Å². The highest BCUT2D eigenvalue weighted by Gasteiger charge is 2.31. The van der Waals surface area contributed by atoms with E-state index in [9.17, 15) is 18.0 Å². The predicted molar refractivity (Wildman–Crippen MR) is 113 cm³/mol. The summed E-state index contributed by atoms with van der Waals surface area (Å²) in [6, 6.07) is 4.76. The normalized spacial score (nSPS) is 18.7. The molecule has 0 N–H and O–H groups in total. The van der Waals surface area contributed by atoms with Crippen LogP contribution in [0.2, 0.25) is 0 Å². The van der Waals surface area contributed by atoms with Crippen molar-refractivity contribution < 1.29 is 22.4 Å². The summed E-state index contributed by atoms with van der Waals surface area (Å²) in [6.45, 7) is 2.59. The van der Waals surface area contributed by atoms with Gasteiger partial charge in [0.1, 0.15) is 10.6 Å². The van der Waals surface area contributed by atoms with Crippen molar-refractivity contribution in [1.82, 2.24) is 18.7 Å². The maximum absolute atomic E-state index is 13.1. The average molecular weight is 449 g/mol. The zero-order valence-corrected chi connectivity index (χ0v) is 18.5. The van der Waals surface area contributed by atoms with E-state index in [0.717, 1.165) is 25.7 Å². The Morgan fingerprint density at radius 2 is 1.52 bits per heavy atom. The summed E-state index contributed by atoms with van der Waals surface area (Å²) in [5, 5.41) is 0. The van der Waals surface area contributed by atoms with Gasteiger partial charge in [-0.1, -0.05) is 12.8 Å². The van der Waals surface area contributed by atoms with Crippen LogP contribution in [0, 0.1) is 0 Å². The van der Waals surface area contributed by atoms with E-state index in [-0.39, 0.29) is 22.5 Å². The summed E-state index contributed by atoms with van der Waals surface area (Å²) >= 11 is 0. The maximum Gasteiger partial charge on any atom is 0.289 e. The highest BCUT2D eigenvalue weighted by molar-refractivity contribution is 7.89. The summed E-state index contributed by atoms with van der Waals surface area (Å²) in [5.74, 6) is -0.141. The standard InChI is InChI=1S/C21H28N4O5S/c1-22-16-17(31(28,29)25-8-4-2-3-5-9-25)15-18(22)20(26)23-10-12-24(13-11-23)21(27)19-7-6-14-30-19/h6-7,14-16H,2-5,8-13H2,1H3. The summed E-state index contributed by atoms with van der Waals surface area (Å²) in [6.07, 6.45) is 6.78. The van der Waals surface area contributed by atoms with E-state index in [4.69, 9.17) is 4.42 Å². The van der Waals surface area contributed by atoms with Crippen LogP contribution in [0.3, 0.4) is 0 Å². The summed E-state index contributed by atoms with van der Waals surface area (Å²) in [7, 11) is -1.93. The fourth-order valence-corrected chi connectivity index (χ4v) is 5.74. The number of nitrogens with zero attached hydrogens (tertiary/aromatic N) is 4. The van der Waals surface area contributed by atoms with Crippen LogP contribution in [0.1, 0.15) is 46.7 Å². The van der Waals surface area contributed by atoms with Crippen molar-refractivity contribution in [1.29, 1.82) is 0 Å². The molecule has 0 saturated carbocycles. The number of hydrogen-bond donors (Lipinski definition) is 0. The Bertz CT molecular complexity index is 1030. The van der Waals surface area contributed by atoms with E-state index in [1.54, 1.807) is 33.5 Å². The Morgan fingerprint density at radius 1 is 0.903 bits per heavy atom. The average Bonchev–Trinajstić information content (AvgIpc) is 3.36. The van der Waals surface area contributed by atoms with Crippen LogP contribution in [0.5, 0.6) is 0 Å². The Morgan fingerprint density at radius 3 is 2.10 bits per heavy atom. The summed E-state index contributed by atoms with van der Waals surface area (Å²) in [5.41, 5.74) is 0.333. The second-order valence-electron chi connectivity index (χ2n) is 8.05. The van der Waals surface area contributed by atoms with Crippen molar-refractivity contribution in [2.24, 2.45) is 7.05 Å². The lowest BCUT2D eigenvalue weighted by Gasteiger charge is -2.34. The molecule has 0 bridgehead atoms. The van der Waals surface area contributed by atoms with Crippen molar-refractivity contribution in [3.05, 3.63) is 42.1 Å². The summed E-state index contributed by atoms with van der Waals surface area (Å²) < 4.78 is 34.4. The van der Waals surface area contributed by atoms with Gasteiger partial charge in [0.15, 0.2) is 5.76 Å². The fourth-order valence-electron chi connectivity index (χ4n) is 4.15. The molecule has 2 aliphatic rings. The van der Waals surface area contributed by atoms with Gasteiger partial charge < -0.3 is 18.8 Å². The minimum atomic E-state index is -3.62. The minimum Gasteiger partial charge on any atom is -0.459 e.